The quantitative estimate of drug-likeness (QED) is 0.0119. The van der Waals surface area contributed by atoms with Crippen molar-refractivity contribution in [1.82, 2.24) is 0 Å². The third-order valence-corrected chi connectivity index (χ3v) is 22.1. The Hall–Kier alpha value is -14.1. The van der Waals surface area contributed by atoms with Crippen LogP contribution in [0.25, 0.3) is 77.5 Å². The van der Waals surface area contributed by atoms with Crippen LogP contribution in [0.5, 0.6) is 57.5 Å². The van der Waals surface area contributed by atoms with E-state index >= 15 is 19.2 Å². The number of hydrogen-bond acceptors (Lipinski definition) is 12. The van der Waals surface area contributed by atoms with Crippen molar-refractivity contribution in [2.24, 2.45) is 0 Å². The van der Waals surface area contributed by atoms with Crippen molar-refractivity contribution >= 4 is 101 Å². The summed E-state index contributed by atoms with van der Waals surface area (Å²) in [5.41, 5.74) is 10.1. The molecular weight excluding hydrogens is 1470 g/mol. The lowest BCUT2D eigenvalue weighted by atomic mass is 9.80. The maximum absolute atomic E-state index is 16.7. The summed E-state index contributed by atoms with van der Waals surface area (Å²) in [6.07, 6.45) is 7.44. The third kappa shape index (κ3) is 14.6. The van der Waals surface area contributed by atoms with Gasteiger partial charge in [0.25, 0.3) is 23.6 Å². The number of amides is 4. The summed E-state index contributed by atoms with van der Waals surface area (Å²) < 4.78 is 41.8. The highest BCUT2D eigenvalue weighted by atomic mass is 16.5. The number of allylic oxidation sites excluding steroid dienone is 2. The second-order valence-electron chi connectivity index (χ2n) is 31.3. The average Bonchev–Trinajstić information content (AvgIpc) is 0.669. The maximum Gasteiger partial charge on any atom is 0.266 e. The smallest absolute Gasteiger partial charge is 0.266 e. The van der Waals surface area contributed by atoms with Crippen molar-refractivity contribution in [3.63, 3.8) is 0 Å². The van der Waals surface area contributed by atoms with E-state index < -0.39 is 23.6 Å². The van der Waals surface area contributed by atoms with Crippen molar-refractivity contribution in [1.29, 1.82) is 10.5 Å². The van der Waals surface area contributed by atoms with Crippen LogP contribution in [-0.2, 0) is 0 Å². The monoisotopic (exact) mass is 1550 g/mol. The lowest BCUT2D eigenvalue weighted by Crippen LogP contribution is -2.42. The van der Waals surface area contributed by atoms with Gasteiger partial charge in [-0.1, -0.05) is 228 Å². The van der Waals surface area contributed by atoms with E-state index in [9.17, 15) is 10.5 Å². The molecule has 0 spiro atoms. The van der Waals surface area contributed by atoms with E-state index in [1.165, 1.54) is 9.80 Å². The first-order valence-electron chi connectivity index (χ1n) is 40.5. The van der Waals surface area contributed by atoms with Gasteiger partial charge in [-0.15, -0.1) is 0 Å². The number of ether oxygens (including phenoxy) is 6. The second-order valence-corrected chi connectivity index (χ2v) is 31.3. The van der Waals surface area contributed by atoms with Gasteiger partial charge >= 0.3 is 0 Å². The average molecular weight is 1550 g/mol. The lowest BCUT2D eigenvalue weighted by Gasteiger charge is -2.35. The molecule has 0 atom stereocenters. The molecular formula is C104H88N4O10. The summed E-state index contributed by atoms with van der Waals surface area (Å²) in [6.45, 7) is 21.7. The number of carbonyl (C=O) groups is 4. The van der Waals surface area contributed by atoms with Crippen molar-refractivity contribution in [2.45, 2.75) is 119 Å². The van der Waals surface area contributed by atoms with E-state index in [-0.39, 0.29) is 68.9 Å². The van der Waals surface area contributed by atoms with E-state index in [1.54, 1.807) is 24.3 Å². The number of para-hydroxylation sites is 5. The maximum atomic E-state index is 16.7. The van der Waals surface area contributed by atoms with E-state index in [2.05, 4.69) is 53.7 Å². The summed E-state index contributed by atoms with van der Waals surface area (Å²) in [5, 5.41) is 24.3. The number of nitriles is 2. The van der Waals surface area contributed by atoms with Gasteiger partial charge in [0.15, 0.2) is 0 Å². The van der Waals surface area contributed by atoms with Gasteiger partial charge in [0.1, 0.15) is 57.5 Å². The van der Waals surface area contributed by atoms with Crippen LogP contribution >= 0.6 is 0 Å². The highest BCUT2D eigenvalue weighted by Crippen LogP contribution is 2.59. The molecule has 0 aliphatic carbocycles. The molecule has 2 aliphatic rings. The number of benzene rings is 14. The molecule has 14 aromatic carbocycles. The molecule has 0 saturated carbocycles. The molecule has 14 aromatic rings. The number of nitrogens with zero attached hydrogens (tertiary/aromatic N) is 4. The summed E-state index contributed by atoms with van der Waals surface area (Å²) in [4.78, 5) is 69.1. The number of hydrogen-bond donors (Lipinski definition) is 0. The summed E-state index contributed by atoms with van der Waals surface area (Å²) >= 11 is 0. The zero-order valence-electron chi connectivity index (χ0n) is 67.7. The molecule has 14 heteroatoms. The van der Waals surface area contributed by atoms with Gasteiger partial charge in [-0.3, -0.25) is 19.2 Å². The van der Waals surface area contributed by atoms with Crippen LogP contribution in [0.1, 0.15) is 205 Å². The van der Waals surface area contributed by atoms with Crippen molar-refractivity contribution < 1.29 is 47.6 Å². The van der Waals surface area contributed by atoms with Crippen LogP contribution in [0.15, 0.2) is 243 Å². The summed E-state index contributed by atoms with van der Waals surface area (Å²) in [6, 6.07) is 79.7. The number of unbranched alkanes of at least 4 members (excludes halogenated alkanes) is 2. The molecule has 16 rings (SSSR count). The lowest BCUT2D eigenvalue weighted by molar-refractivity contribution is 0.0877. The first kappa shape index (κ1) is 77.8. The van der Waals surface area contributed by atoms with Crippen molar-refractivity contribution in [3.8, 4) is 80.8 Å². The highest BCUT2D eigenvalue weighted by Gasteiger charge is 2.44. The molecule has 0 N–H and O–H groups in total. The van der Waals surface area contributed by atoms with Crippen LogP contribution in [0.4, 0.5) is 11.4 Å². The highest BCUT2D eigenvalue weighted by molar-refractivity contribution is 6.48. The number of imide groups is 2. The minimum Gasteiger partial charge on any atom is -0.494 e. The Bertz CT molecular complexity index is 6360. The van der Waals surface area contributed by atoms with E-state index in [1.807, 2.05) is 258 Å². The first-order chi connectivity index (χ1) is 57.3. The molecule has 118 heavy (non-hydrogen) atoms. The fraction of sp³-hybridized carbons (Fsp3) is 0.192. The predicted octanol–water partition coefficient (Wildman–Crippen LogP) is 27.2. The van der Waals surface area contributed by atoms with Gasteiger partial charge in [-0.2, -0.15) is 10.5 Å². The Morgan fingerprint density at radius 3 is 1.02 bits per heavy atom. The van der Waals surface area contributed by atoms with Gasteiger partial charge in [0.05, 0.1) is 70.1 Å². The van der Waals surface area contributed by atoms with Crippen LogP contribution in [0.3, 0.4) is 0 Å². The third-order valence-electron chi connectivity index (χ3n) is 22.1. The number of fused-ring (bicyclic) bond motifs is 2. The largest absolute Gasteiger partial charge is 0.494 e. The Labute approximate surface area is 687 Å². The van der Waals surface area contributed by atoms with Gasteiger partial charge < -0.3 is 28.4 Å². The molecule has 584 valence electrons. The molecule has 0 fully saturated rings. The number of carbonyl (C=O) groups excluding carboxylic acids is 4. The number of anilines is 2. The Balaban J connectivity index is 0.947. The van der Waals surface area contributed by atoms with Crippen LogP contribution in [0.2, 0.25) is 0 Å². The van der Waals surface area contributed by atoms with Gasteiger partial charge in [0, 0.05) is 43.1 Å². The molecule has 0 saturated heterocycles. The SMILES string of the molecule is CCCCOc1ccc(/C=C(\C#N)c2ccc(/C(C#N)=C/c3ccc(OCCCC)cc3-c3ccc(Oc4cc5c6c(cc(Oc7ccccc7)c7c8c(Oc9ccccc9)cc9c%10c(cc(Oc%11ccccc%11)c(c4c67)c%108)C(=O)N(c4c(C(C)C)cccc4C(C)C)C9=O)C(=O)N(c4c(C(C)C)cccc4C(C)C)C5=O)cc3)cc2)cc1. The fourth-order valence-corrected chi connectivity index (χ4v) is 16.3. The molecule has 0 aromatic heterocycles. The van der Waals surface area contributed by atoms with Gasteiger partial charge in [0.2, 0.25) is 0 Å². The number of rotatable bonds is 27. The zero-order valence-corrected chi connectivity index (χ0v) is 67.7. The van der Waals surface area contributed by atoms with Gasteiger partial charge in [-0.25, -0.2) is 9.80 Å². The zero-order chi connectivity index (χ0) is 82.2. The molecule has 2 aliphatic heterocycles. The standard InChI is InChI=1S/C104H88N4O10/c1-11-13-50-113-72-45-36-65(37-46-72)52-70(59-105)66-38-40-67(41-39-66)71(60-106)53-69-44-49-77(114-51-14-12-2)54-82(69)68-42-47-76(48-43-68)118-90-58-86-92-85(103(111)108(104(86)112)100-80(63(7)8)34-25-35-81(100)64(9)10)56-88(116-74-28-20-16-21-29-74)94-93-87(115-73-26-18-15-19-27-73)55-83-91-84(57-89(117-75-30-22-17-23-31-75)95(97(91)93)96(90)98(92)94)102(110)107(101(83)109)99-78(61(3)4)32-24-33-79(99)62(5)6/h15-49,52-58,61-64H,11-14,50-51H2,1-10H3/b70-52+,71-53+. The normalized spacial score (nSPS) is 12.9. The minimum atomic E-state index is -0.595. The molecule has 0 unspecified atom stereocenters. The van der Waals surface area contributed by atoms with E-state index in [0.717, 1.165) is 70.4 Å². The molecule has 4 amide bonds. The minimum absolute atomic E-state index is 0.111. The topological polar surface area (TPSA) is 178 Å². The van der Waals surface area contributed by atoms with Crippen molar-refractivity contribution in [2.75, 3.05) is 23.0 Å². The second kappa shape index (κ2) is 33.0. The summed E-state index contributed by atoms with van der Waals surface area (Å²) in [7, 11) is 0. The Kier molecular flexibility index (Phi) is 21.8. The van der Waals surface area contributed by atoms with Crippen LogP contribution in [-0.4, -0.2) is 36.8 Å². The molecule has 0 bridgehead atoms. The van der Waals surface area contributed by atoms with Crippen LogP contribution in [0, 0.1) is 22.7 Å². The molecule has 14 nitrogen and oxygen atoms in total. The fourth-order valence-electron chi connectivity index (χ4n) is 16.3. The van der Waals surface area contributed by atoms with Crippen molar-refractivity contribution in [3.05, 3.63) is 309 Å². The van der Waals surface area contributed by atoms with E-state index in [4.69, 9.17) is 28.4 Å². The first-order valence-corrected chi connectivity index (χ1v) is 40.5. The van der Waals surface area contributed by atoms with Gasteiger partial charge in [-0.05, 0) is 201 Å². The molecule has 0 radical (unpaired) electrons. The Morgan fingerprint density at radius 1 is 0.339 bits per heavy atom. The predicted molar refractivity (Wildman–Crippen MR) is 471 cm³/mol. The van der Waals surface area contributed by atoms with E-state index in [0.29, 0.717) is 124 Å². The summed E-state index contributed by atoms with van der Waals surface area (Å²) in [5.74, 6) is 0.897. The van der Waals surface area contributed by atoms with Crippen LogP contribution < -0.4 is 38.2 Å². The molecule has 2 heterocycles. The Morgan fingerprint density at radius 2 is 0.669 bits per heavy atom.